The van der Waals surface area contributed by atoms with Gasteiger partial charge in [-0.25, -0.2) is 9.37 Å². The molecule has 0 radical (unpaired) electrons. The smallest absolute Gasteiger partial charge is 0.417 e. The predicted octanol–water partition coefficient (Wildman–Crippen LogP) is 7.30. The standard InChI is InChI=1S/C47H47F4N7O6S2/c1-28-39(66-27-54-28)30-13-11-29(12-14-30)25-53-41(60)36-10-9-19-56(36)42(61)40(45(2,3)4)55-38(59)26-63-20-7-8-21-64-37-18-17-33(23-35(37)48)58-44(65)57(43(62)46(58,5)6)32-16-15-31(24-52)34(22-32)47(49,50)51/h11-18,22-23,27,36,40H,9-10,19-21,25-26H2,1-6H3,(H,53,60)(H,55,59)/t36-,40?/m0/s1. The van der Waals surface area contributed by atoms with Crippen LogP contribution in [0, 0.1) is 41.3 Å². The molecule has 4 aromatic rings. The van der Waals surface area contributed by atoms with E-state index in [0.717, 1.165) is 38.7 Å². The second kappa shape index (κ2) is 20.0. The molecule has 2 aliphatic heterocycles. The van der Waals surface area contributed by atoms with Crippen molar-refractivity contribution in [3.63, 3.8) is 0 Å². The van der Waals surface area contributed by atoms with Gasteiger partial charge in [-0.05, 0) is 92.7 Å². The normalized spacial score (nSPS) is 16.4. The number of hydrogen-bond donors (Lipinski definition) is 2. The number of nitrogens with one attached hydrogen (secondary N) is 2. The Morgan fingerprint density at radius 3 is 2.36 bits per heavy atom. The summed E-state index contributed by atoms with van der Waals surface area (Å²) in [7, 11) is 0. The molecule has 6 rings (SSSR count). The van der Waals surface area contributed by atoms with Crippen LogP contribution in [-0.4, -0.2) is 82.6 Å². The van der Waals surface area contributed by atoms with Gasteiger partial charge >= 0.3 is 6.18 Å². The largest absolute Gasteiger partial charge is 0.478 e. The number of nitrogens with zero attached hydrogens (tertiary/aromatic N) is 5. The van der Waals surface area contributed by atoms with E-state index in [1.807, 2.05) is 52.0 Å². The fourth-order valence-electron chi connectivity index (χ4n) is 7.60. The molecule has 0 spiro atoms. The first-order valence-corrected chi connectivity index (χ1v) is 22.0. The Balaban J connectivity index is 0.976. The third kappa shape index (κ3) is 10.8. The monoisotopic (exact) mass is 945 g/mol. The zero-order chi connectivity index (χ0) is 48.1. The third-order valence-electron chi connectivity index (χ3n) is 11.0. The van der Waals surface area contributed by atoms with Gasteiger partial charge in [-0.1, -0.05) is 56.9 Å². The second-order valence-electron chi connectivity index (χ2n) is 17.1. The first-order chi connectivity index (χ1) is 31.1. The lowest BCUT2D eigenvalue weighted by Crippen LogP contribution is -2.58. The number of nitriles is 1. The molecule has 3 heterocycles. The van der Waals surface area contributed by atoms with Crippen LogP contribution in [-0.2, 0) is 36.6 Å². The van der Waals surface area contributed by atoms with Gasteiger partial charge in [-0.2, -0.15) is 18.4 Å². The lowest BCUT2D eigenvalue weighted by molar-refractivity contribution is -0.144. The van der Waals surface area contributed by atoms with Gasteiger partial charge in [0.15, 0.2) is 16.7 Å². The Bertz CT molecular complexity index is 2630. The molecule has 1 aromatic heterocycles. The van der Waals surface area contributed by atoms with Crippen molar-refractivity contribution in [2.24, 2.45) is 5.41 Å². The molecule has 2 saturated heterocycles. The summed E-state index contributed by atoms with van der Waals surface area (Å²) in [4.78, 5) is 62.9. The zero-order valence-electron chi connectivity index (χ0n) is 37.0. The maximum absolute atomic E-state index is 15.3. The van der Waals surface area contributed by atoms with Crippen molar-refractivity contribution in [2.75, 3.05) is 36.2 Å². The Labute approximate surface area is 389 Å². The molecular formula is C47H47F4N7O6S2. The van der Waals surface area contributed by atoms with Crippen LogP contribution < -0.4 is 25.2 Å². The van der Waals surface area contributed by atoms with Gasteiger partial charge in [-0.15, -0.1) is 11.3 Å². The lowest BCUT2D eigenvalue weighted by atomic mass is 9.85. The molecule has 0 bridgehead atoms. The Morgan fingerprint density at radius 1 is 1.03 bits per heavy atom. The molecule has 0 saturated carbocycles. The first-order valence-electron chi connectivity index (χ1n) is 20.8. The molecule has 3 aromatic carbocycles. The Hall–Kier alpha value is -6.41. The van der Waals surface area contributed by atoms with Gasteiger partial charge in [-0.3, -0.25) is 24.1 Å². The van der Waals surface area contributed by atoms with Crippen LogP contribution in [0.25, 0.3) is 10.4 Å². The van der Waals surface area contributed by atoms with Gasteiger partial charge in [0.25, 0.3) is 5.91 Å². The van der Waals surface area contributed by atoms with Crippen molar-refractivity contribution in [3.05, 3.63) is 94.4 Å². The predicted molar refractivity (Wildman–Crippen MR) is 244 cm³/mol. The molecule has 19 heteroatoms. The van der Waals surface area contributed by atoms with Crippen LogP contribution in [0.2, 0.25) is 0 Å². The Morgan fingerprint density at radius 2 is 1.73 bits per heavy atom. The molecule has 2 fully saturated rings. The van der Waals surface area contributed by atoms with Crippen molar-refractivity contribution >= 4 is 63.7 Å². The number of anilines is 2. The fraction of sp³-hybridized carbons (Fsp3) is 0.383. The van der Waals surface area contributed by atoms with E-state index >= 15 is 4.39 Å². The van der Waals surface area contributed by atoms with Gasteiger partial charge in [0, 0.05) is 24.8 Å². The highest BCUT2D eigenvalue weighted by molar-refractivity contribution is 7.81. The van der Waals surface area contributed by atoms with Crippen molar-refractivity contribution < 1.29 is 46.2 Å². The number of rotatable bonds is 13. The van der Waals surface area contributed by atoms with E-state index in [1.165, 1.54) is 47.9 Å². The number of aromatic nitrogens is 1. The minimum absolute atomic E-state index is 0.130. The van der Waals surface area contributed by atoms with E-state index in [1.54, 1.807) is 16.8 Å². The highest BCUT2D eigenvalue weighted by Crippen LogP contribution is 2.40. The SMILES string of the molecule is Cc1ncsc1-c1ccc(CNC(=O)[C@@H]2CCCN2C(=O)C(NC(=O)COCC#CCOc2ccc(N3C(=S)N(c4ccc(C#N)c(C(F)(F)F)c4)C(=O)C3(C)C)cc2F)C(C)(C)C)cc1. The van der Waals surface area contributed by atoms with Crippen LogP contribution in [0.5, 0.6) is 5.75 Å². The highest BCUT2D eigenvalue weighted by atomic mass is 32.1. The topological polar surface area (TPSA) is 157 Å². The summed E-state index contributed by atoms with van der Waals surface area (Å²) < 4.78 is 67.3. The minimum Gasteiger partial charge on any atom is -0.478 e. The molecule has 4 amide bonds. The van der Waals surface area contributed by atoms with Crippen molar-refractivity contribution in [2.45, 2.75) is 84.7 Å². The summed E-state index contributed by atoms with van der Waals surface area (Å²) in [6.07, 6.45) is -3.74. The number of alkyl halides is 3. The molecule has 66 heavy (non-hydrogen) atoms. The summed E-state index contributed by atoms with van der Waals surface area (Å²) in [6, 6.07) is 14.3. The highest BCUT2D eigenvalue weighted by Gasteiger charge is 2.51. The second-order valence-corrected chi connectivity index (χ2v) is 18.4. The van der Waals surface area contributed by atoms with Gasteiger partial charge < -0.3 is 29.9 Å². The molecule has 0 aliphatic carbocycles. The summed E-state index contributed by atoms with van der Waals surface area (Å²) >= 11 is 7.09. The third-order valence-corrected chi connectivity index (χ3v) is 12.4. The van der Waals surface area contributed by atoms with Crippen molar-refractivity contribution in [1.29, 1.82) is 5.26 Å². The van der Waals surface area contributed by atoms with Crippen LogP contribution >= 0.6 is 23.6 Å². The van der Waals surface area contributed by atoms with E-state index in [-0.39, 0.29) is 47.3 Å². The maximum atomic E-state index is 15.3. The van der Waals surface area contributed by atoms with Crippen LogP contribution in [0.3, 0.4) is 0 Å². The number of carbonyl (C=O) groups is 4. The molecular weight excluding hydrogens is 899 g/mol. The molecule has 2 atom stereocenters. The number of amides is 4. The number of benzene rings is 3. The average Bonchev–Trinajstić information content (AvgIpc) is 3.97. The fourth-order valence-corrected chi connectivity index (χ4v) is 8.93. The maximum Gasteiger partial charge on any atom is 0.417 e. The van der Waals surface area contributed by atoms with Gasteiger partial charge in [0.1, 0.15) is 37.4 Å². The number of ether oxygens (including phenoxy) is 2. The number of thiocarbonyl (C=S) groups is 1. The number of thiazole rings is 1. The summed E-state index contributed by atoms with van der Waals surface area (Å²) in [5.41, 5.74) is 0.653. The molecule has 2 N–H and O–H groups in total. The summed E-state index contributed by atoms with van der Waals surface area (Å²) in [6.45, 7) is 10.2. The zero-order valence-corrected chi connectivity index (χ0v) is 38.6. The number of likely N-dealkylation sites (tertiary alicyclic amines) is 1. The van der Waals surface area contributed by atoms with Crippen LogP contribution in [0.4, 0.5) is 28.9 Å². The van der Waals surface area contributed by atoms with Gasteiger partial charge in [0.05, 0.1) is 39.0 Å². The Kier molecular flexibility index (Phi) is 14.9. The average molecular weight is 946 g/mol. The number of halogens is 4. The van der Waals surface area contributed by atoms with E-state index in [2.05, 4.69) is 27.5 Å². The van der Waals surface area contributed by atoms with Crippen LogP contribution in [0.15, 0.2) is 66.2 Å². The number of hydrogen-bond acceptors (Lipinski definition) is 10. The quantitative estimate of drug-likeness (QED) is 0.0604. The molecule has 2 aliphatic rings. The first kappa shape index (κ1) is 49.0. The van der Waals surface area contributed by atoms with Crippen LogP contribution in [0.1, 0.15) is 69.8 Å². The minimum atomic E-state index is -4.87. The lowest BCUT2D eigenvalue weighted by Gasteiger charge is -2.35. The van der Waals surface area contributed by atoms with Crippen molar-refractivity contribution in [3.8, 4) is 34.1 Å². The number of aryl methyl sites for hydroxylation is 1. The van der Waals surface area contributed by atoms with E-state index < -0.39 is 64.6 Å². The summed E-state index contributed by atoms with van der Waals surface area (Å²) in [5, 5.41) is 14.7. The van der Waals surface area contributed by atoms with Gasteiger partial charge in [0.2, 0.25) is 17.7 Å². The van der Waals surface area contributed by atoms with E-state index in [9.17, 15) is 37.6 Å². The van der Waals surface area contributed by atoms with Crippen molar-refractivity contribution in [1.82, 2.24) is 20.5 Å². The molecule has 1 unspecified atom stereocenters. The van der Waals surface area contributed by atoms with E-state index in [4.69, 9.17) is 21.7 Å². The van der Waals surface area contributed by atoms with E-state index in [0.29, 0.717) is 32.0 Å². The number of carbonyl (C=O) groups excluding carboxylic acids is 4. The molecule has 13 nitrogen and oxygen atoms in total. The summed E-state index contributed by atoms with van der Waals surface area (Å²) in [5.74, 6) is 2.44. The molecule has 346 valence electrons.